The molecule has 4 aliphatic heterocycles. The van der Waals surface area contributed by atoms with Crippen molar-refractivity contribution in [3.8, 4) is 0 Å². The molecule has 0 aromatic rings. The largest absolute Gasteiger partial charge is 0.394 e. The molecule has 20 atom stereocenters. The predicted octanol–water partition coefficient (Wildman–Crippen LogP) is -9.75. The van der Waals surface area contributed by atoms with Crippen LogP contribution in [0.3, 0.4) is 0 Å². The topological polar surface area (TPSA) is 348 Å². The van der Waals surface area contributed by atoms with Gasteiger partial charge in [-0.05, 0) is 0 Å². The smallest absolute Gasteiger partial charge is 0.187 e. The van der Waals surface area contributed by atoms with Crippen molar-refractivity contribution in [2.24, 2.45) is 0 Å². The highest BCUT2D eigenvalue weighted by Crippen LogP contribution is 2.34. The molecular weight excluding hydrogens is 624 g/mol. The van der Waals surface area contributed by atoms with Crippen molar-refractivity contribution < 1.29 is 105 Å². The van der Waals surface area contributed by atoms with E-state index in [4.69, 9.17) is 33.2 Å². The summed E-state index contributed by atoms with van der Waals surface area (Å²) in [7, 11) is 0. The maximum atomic E-state index is 11.0. The number of ether oxygens (including phenoxy) is 7. The van der Waals surface area contributed by atoms with Gasteiger partial charge in [0.2, 0.25) is 0 Å². The molecular formula is C24H42O21. The van der Waals surface area contributed by atoms with Crippen molar-refractivity contribution in [3.05, 3.63) is 0 Å². The van der Waals surface area contributed by atoms with Crippen LogP contribution in [-0.4, -0.2) is 221 Å². The molecule has 0 saturated carbocycles. The molecule has 4 rings (SSSR count). The lowest BCUT2D eigenvalue weighted by atomic mass is 9.95. The van der Waals surface area contributed by atoms with Crippen LogP contribution in [0.15, 0.2) is 0 Å². The highest BCUT2D eigenvalue weighted by atomic mass is 16.8. The Morgan fingerprint density at radius 2 is 0.711 bits per heavy atom. The molecule has 4 fully saturated rings. The van der Waals surface area contributed by atoms with Gasteiger partial charge in [-0.25, -0.2) is 0 Å². The minimum absolute atomic E-state index is 0.806. The van der Waals surface area contributed by atoms with Crippen LogP contribution in [0.5, 0.6) is 0 Å². The van der Waals surface area contributed by atoms with E-state index in [9.17, 15) is 71.5 Å². The molecule has 0 aromatic carbocycles. The summed E-state index contributed by atoms with van der Waals surface area (Å²) in [5.41, 5.74) is 0. The second kappa shape index (κ2) is 15.6. The van der Waals surface area contributed by atoms with E-state index < -0.39 is 149 Å². The minimum atomic E-state index is -2.02. The van der Waals surface area contributed by atoms with E-state index in [0.29, 0.717) is 0 Å². The fourth-order valence-corrected chi connectivity index (χ4v) is 5.54. The molecule has 21 nitrogen and oxygen atoms in total. The van der Waals surface area contributed by atoms with Crippen molar-refractivity contribution in [2.45, 2.75) is 123 Å². The summed E-state index contributed by atoms with van der Waals surface area (Å²) in [5.74, 6) is 0. The van der Waals surface area contributed by atoms with Gasteiger partial charge in [-0.1, -0.05) is 0 Å². The molecule has 0 spiro atoms. The van der Waals surface area contributed by atoms with Gasteiger partial charge in [0, 0.05) is 0 Å². The predicted molar refractivity (Wildman–Crippen MR) is 134 cm³/mol. The van der Waals surface area contributed by atoms with Crippen molar-refractivity contribution in [1.29, 1.82) is 0 Å². The van der Waals surface area contributed by atoms with Gasteiger partial charge in [0.15, 0.2) is 25.2 Å². The van der Waals surface area contributed by atoms with Gasteiger partial charge in [0.05, 0.1) is 26.4 Å². The van der Waals surface area contributed by atoms with Crippen molar-refractivity contribution in [1.82, 2.24) is 0 Å². The fraction of sp³-hybridized carbons (Fsp3) is 1.00. The zero-order chi connectivity index (χ0) is 33.3. The Morgan fingerprint density at radius 1 is 0.333 bits per heavy atom. The van der Waals surface area contributed by atoms with Gasteiger partial charge in [-0.3, -0.25) is 0 Å². The average Bonchev–Trinajstić information content (AvgIpc) is 3.03. The van der Waals surface area contributed by atoms with Crippen LogP contribution in [0.1, 0.15) is 0 Å². The number of aliphatic hydroxyl groups is 14. The molecule has 21 heteroatoms. The molecule has 4 heterocycles. The first kappa shape index (κ1) is 37.0. The average molecular weight is 667 g/mol. The molecule has 45 heavy (non-hydrogen) atoms. The van der Waals surface area contributed by atoms with E-state index >= 15 is 0 Å². The van der Waals surface area contributed by atoms with E-state index in [2.05, 4.69) is 0 Å². The molecule has 0 bridgehead atoms. The Bertz CT molecular complexity index is 912. The quantitative estimate of drug-likeness (QED) is 0.103. The van der Waals surface area contributed by atoms with Crippen LogP contribution in [0.2, 0.25) is 0 Å². The highest BCUT2D eigenvalue weighted by molar-refractivity contribution is 4.97. The van der Waals surface area contributed by atoms with Crippen LogP contribution in [-0.2, 0) is 33.2 Å². The molecule has 1 unspecified atom stereocenters. The molecule has 4 saturated heterocycles. The lowest BCUT2D eigenvalue weighted by molar-refractivity contribution is -0.388. The second-order valence-corrected chi connectivity index (χ2v) is 11.1. The van der Waals surface area contributed by atoms with Gasteiger partial charge >= 0.3 is 0 Å². The molecule has 4 aliphatic rings. The zero-order valence-electron chi connectivity index (χ0n) is 23.5. The maximum absolute atomic E-state index is 11.0. The van der Waals surface area contributed by atoms with Crippen LogP contribution in [0.4, 0.5) is 0 Å². The normalized spacial score (nSPS) is 52.9. The summed E-state index contributed by atoms with van der Waals surface area (Å²) < 4.78 is 37.7. The standard InChI is InChI=1S/C24H42O21/c25-1-5-9(29)11(31)15(35)22(40-5)45-20-10(30)6(2-26)41-24(17(20)37)44-19-8(4-28)42-23(16(36)13(19)33)43-18-7(3-27)39-21(38)14(34)12(18)32/h5-38H,1-4H2/t5-,6-,7-,8-,9+,10+,11+,12-,13-,14+,15-,16-,17-,18-,19+,20+,21?,22-,23+,24-/m1/s1. The molecule has 0 radical (unpaired) electrons. The van der Waals surface area contributed by atoms with E-state index in [1.54, 1.807) is 0 Å². The Balaban J connectivity index is 1.48. The van der Waals surface area contributed by atoms with E-state index in [-0.39, 0.29) is 0 Å². The molecule has 0 aliphatic carbocycles. The first-order valence-corrected chi connectivity index (χ1v) is 14.1. The number of hydrogen-bond donors (Lipinski definition) is 14. The first-order chi connectivity index (χ1) is 21.3. The number of aliphatic hydroxyl groups excluding tert-OH is 14. The molecule has 0 amide bonds. The third-order valence-corrected chi connectivity index (χ3v) is 8.20. The zero-order valence-corrected chi connectivity index (χ0v) is 23.5. The van der Waals surface area contributed by atoms with Crippen molar-refractivity contribution in [2.75, 3.05) is 26.4 Å². The number of rotatable bonds is 10. The SMILES string of the molecule is OC[C@H]1O[C@H](O[C@H]2[C@@H](O)[C@@H](CO)O[C@H](O[C@@H]3[C@H](O)[C@@H](O)[C@H](O[C@H]4[C@H](O)[C@H](O)C(O)O[C@@H]4CO)O[C@@H]3CO)[C@@H]2O)[C@H](O)[C@@H](O)[C@H]1O. The Kier molecular flexibility index (Phi) is 12.8. The van der Waals surface area contributed by atoms with Crippen LogP contribution >= 0.6 is 0 Å². The lowest BCUT2D eigenvalue weighted by Crippen LogP contribution is -2.67. The highest BCUT2D eigenvalue weighted by Gasteiger charge is 2.55. The van der Waals surface area contributed by atoms with Crippen LogP contribution in [0, 0.1) is 0 Å². The minimum Gasteiger partial charge on any atom is -0.394 e. The summed E-state index contributed by atoms with van der Waals surface area (Å²) in [4.78, 5) is 0. The van der Waals surface area contributed by atoms with Crippen LogP contribution in [0.25, 0.3) is 0 Å². The monoisotopic (exact) mass is 666 g/mol. The van der Waals surface area contributed by atoms with Crippen molar-refractivity contribution >= 4 is 0 Å². The van der Waals surface area contributed by atoms with Gasteiger partial charge in [0.1, 0.15) is 97.7 Å². The van der Waals surface area contributed by atoms with E-state index in [1.807, 2.05) is 0 Å². The van der Waals surface area contributed by atoms with Gasteiger partial charge in [-0.2, -0.15) is 0 Å². The Hall–Kier alpha value is -0.840. The summed E-state index contributed by atoms with van der Waals surface area (Å²) in [5, 5.41) is 142. The molecule has 14 N–H and O–H groups in total. The van der Waals surface area contributed by atoms with Gasteiger partial charge in [0.25, 0.3) is 0 Å². The summed E-state index contributed by atoms with van der Waals surface area (Å²) in [6, 6.07) is 0. The molecule has 264 valence electrons. The van der Waals surface area contributed by atoms with Gasteiger partial charge < -0.3 is 105 Å². The van der Waals surface area contributed by atoms with E-state index in [0.717, 1.165) is 0 Å². The third kappa shape index (κ3) is 7.44. The third-order valence-electron chi connectivity index (χ3n) is 8.20. The number of hydrogen-bond acceptors (Lipinski definition) is 21. The summed E-state index contributed by atoms with van der Waals surface area (Å²) in [6.07, 6.45) is -35.6. The first-order valence-electron chi connectivity index (χ1n) is 14.1. The van der Waals surface area contributed by atoms with E-state index in [1.165, 1.54) is 0 Å². The fourth-order valence-electron chi connectivity index (χ4n) is 5.54. The summed E-state index contributed by atoms with van der Waals surface area (Å²) >= 11 is 0. The van der Waals surface area contributed by atoms with Crippen LogP contribution < -0.4 is 0 Å². The van der Waals surface area contributed by atoms with Gasteiger partial charge in [-0.15, -0.1) is 0 Å². The summed E-state index contributed by atoms with van der Waals surface area (Å²) in [6.45, 7) is -3.41. The Labute approximate surface area is 254 Å². The lowest BCUT2D eigenvalue weighted by Gasteiger charge is -2.49. The molecule has 0 aromatic heterocycles. The second-order valence-electron chi connectivity index (χ2n) is 11.1. The maximum Gasteiger partial charge on any atom is 0.187 e. The van der Waals surface area contributed by atoms with Crippen molar-refractivity contribution in [3.63, 3.8) is 0 Å². The Morgan fingerprint density at radius 3 is 1.22 bits per heavy atom.